The quantitative estimate of drug-likeness (QED) is 0.856. The largest absolute Gasteiger partial charge is 0.366 e. The molecule has 4 heteroatoms. The maximum atomic E-state index is 14.1. The SMILES string of the molecule is CC(C)CN(CC(C)C)c1c(F)cc(CN)cc1F. The van der Waals surface area contributed by atoms with Gasteiger partial charge in [0.25, 0.3) is 0 Å². The van der Waals surface area contributed by atoms with E-state index in [1.165, 1.54) is 12.1 Å². The van der Waals surface area contributed by atoms with E-state index in [0.717, 1.165) is 0 Å². The molecule has 0 aliphatic carbocycles. The molecule has 1 aromatic carbocycles. The van der Waals surface area contributed by atoms with Crippen LogP contribution >= 0.6 is 0 Å². The number of nitrogens with two attached hydrogens (primary N) is 1. The first-order chi connectivity index (χ1) is 8.85. The van der Waals surface area contributed by atoms with Gasteiger partial charge in [0.2, 0.25) is 0 Å². The van der Waals surface area contributed by atoms with Crippen molar-refractivity contribution in [3.63, 3.8) is 0 Å². The van der Waals surface area contributed by atoms with Crippen molar-refractivity contribution in [2.45, 2.75) is 34.2 Å². The molecule has 0 saturated heterocycles. The second-order valence-corrected chi connectivity index (χ2v) is 5.80. The van der Waals surface area contributed by atoms with Gasteiger partial charge >= 0.3 is 0 Å². The highest BCUT2D eigenvalue weighted by atomic mass is 19.1. The zero-order valence-electron chi connectivity index (χ0n) is 12.2. The summed E-state index contributed by atoms with van der Waals surface area (Å²) in [7, 11) is 0. The van der Waals surface area contributed by atoms with Crippen LogP contribution in [-0.4, -0.2) is 13.1 Å². The molecule has 0 spiro atoms. The van der Waals surface area contributed by atoms with Crippen molar-refractivity contribution in [1.29, 1.82) is 0 Å². The predicted octanol–water partition coefficient (Wildman–Crippen LogP) is 3.54. The minimum absolute atomic E-state index is 0.0691. The Morgan fingerprint density at radius 3 is 1.74 bits per heavy atom. The fraction of sp³-hybridized carbons (Fsp3) is 0.600. The zero-order chi connectivity index (χ0) is 14.6. The van der Waals surface area contributed by atoms with Crippen molar-refractivity contribution in [1.82, 2.24) is 0 Å². The lowest BCUT2D eigenvalue weighted by Crippen LogP contribution is -2.33. The third kappa shape index (κ3) is 4.46. The molecule has 2 N–H and O–H groups in total. The van der Waals surface area contributed by atoms with E-state index in [9.17, 15) is 8.78 Å². The van der Waals surface area contributed by atoms with E-state index >= 15 is 0 Å². The number of rotatable bonds is 6. The van der Waals surface area contributed by atoms with Crippen LogP contribution in [0.4, 0.5) is 14.5 Å². The van der Waals surface area contributed by atoms with Gasteiger partial charge in [-0.15, -0.1) is 0 Å². The van der Waals surface area contributed by atoms with Crippen molar-refractivity contribution in [2.75, 3.05) is 18.0 Å². The topological polar surface area (TPSA) is 29.3 Å². The molecule has 0 aliphatic rings. The van der Waals surface area contributed by atoms with Gasteiger partial charge < -0.3 is 10.6 Å². The van der Waals surface area contributed by atoms with E-state index in [-0.39, 0.29) is 12.2 Å². The normalized spacial score (nSPS) is 11.4. The Labute approximate surface area is 114 Å². The highest BCUT2D eigenvalue weighted by Crippen LogP contribution is 2.26. The van der Waals surface area contributed by atoms with Gasteiger partial charge in [0.1, 0.15) is 17.3 Å². The van der Waals surface area contributed by atoms with Gasteiger partial charge in [0.15, 0.2) is 0 Å². The van der Waals surface area contributed by atoms with Gasteiger partial charge in [-0.05, 0) is 29.5 Å². The summed E-state index contributed by atoms with van der Waals surface area (Å²) in [5.41, 5.74) is 5.98. The summed E-state index contributed by atoms with van der Waals surface area (Å²) in [6.45, 7) is 9.56. The first kappa shape index (κ1) is 15.9. The molecule has 0 atom stereocenters. The number of anilines is 1. The molecule has 0 heterocycles. The fourth-order valence-corrected chi connectivity index (χ4v) is 2.18. The first-order valence-electron chi connectivity index (χ1n) is 6.78. The van der Waals surface area contributed by atoms with Crippen LogP contribution in [0.3, 0.4) is 0 Å². The summed E-state index contributed by atoms with van der Waals surface area (Å²) in [5, 5.41) is 0. The maximum absolute atomic E-state index is 14.1. The molecule has 0 radical (unpaired) electrons. The summed E-state index contributed by atoms with van der Waals surface area (Å²) in [6.07, 6.45) is 0. The van der Waals surface area contributed by atoms with E-state index in [1.807, 2.05) is 27.7 Å². The molecule has 0 saturated carbocycles. The molecule has 0 unspecified atom stereocenters. The molecule has 1 rings (SSSR count). The Balaban J connectivity index is 3.14. The van der Waals surface area contributed by atoms with Crippen molar-refractivity contribution in [2.24, 2.45) is 17.6 Å². The Bertz CT molecular complexity index is 384. The van der Waals surface area contributed by atoms with E-state index in [1.54, 1.807) is 4.90 Å². The number of halogens is 2. The van der Waals surface area contributed by atoms with Crippen LogP contribution in [0.1, 0.15) is 33.3 Å². The second kappa shape index (κ2) is 6.85. The summed E-state index contributed by atoms with van der Waals surface area (Å²) >= 11 is 0. The van der Waals surface area contributed by atoms with Crippen LogP contribution in [0.5, 0.6) is 0 Å². The second-order valence-electron chi connectivity index (χ2n) is 5.80. The zero-order valence-corrected chi connectivity index (χ0v) is 12.2. The van der Waals surface area contributed by atoms with Crippen molar-refractivity contribution < 1.29 is 8.78 Å². The van der Waals surface area contributed by atoms with Crippen LogP contribution in [0.15, 0.2) is 12.1 Å². The fourth-order valence-electron chi connectivity index (χ4n) is 2.18. The van der Waals surface area contributed by atoms with Crippen molar-refractivity contribution in [3.8, 4) is 0 Å². The molecule has 0 bridgehead atoms. The van der Waals surface area contributed by atoms with Gasteiger partial charge in [-0.3, -0.25) is 0 Å². The third-order valence-corrected chi connectivity index (χ3v) is 2.80. The van der Waals surface area contributed by atoms with Gasteiger partial charge in [-0.25, -0.2) is 8.78 Å². The molecule has 2 nitrogen and oxygen atoms in total. The minimum Gasteiger partial charge on any atom is -0.366 e. The molecule has 108 valence electrons. The maximum Gasteiger partial charge on any atom is 0.149 e. The van der Waals surface area contributed by atoms with Crippen molar-refractivity contribution >= 4 is 5.69 Å². The molecular formula is C15H24F2N2. The summed E-state index contributed by atoms with van der Waals surface area (Å²) < 4.78 is 28.2. The average Bonchev–Trinajstić information content (AvgIpc) is 2.25. The third-order valence-electron chi connectivity index (χ3n) is 2.80. The highest BCUT2D eigenvalue weighted by molar-refractivity contribution is 5.51. The molecule has 0 aliphatic heterocycles. The lowest BCUT2D eigenvalue weighted by molar-refractivity contribution is 0.516. The molecule has 0 fully saturated rings. The summed E-state index contributed by atoms with van der Waals surface area (Å²) in [5.74, 6) is -0.373. The Morgan fingerprint density at radius 2 is 1.42 bits per heavy atom. The number of nitrogens with zero attached hydrogens (tertiary/aromatic N) is 1. The predicted molar refractivity (Wildman–Crippen MR) is 76.1 cm³/mol. The van der Waals surface area contributed by atoms with Crippen molar-refractivity contribution in [3.05, 3.63) is 29.3 Å². The summed E-state index contributed by atoms with van der Waals surface area (Å²) in [6, 6.07) is 2.65. The highest BCUT2D eigenvalue weighted by Gasteiger charge is 2.19. The van der Waals surface area contributed by atoms with E-state index < -0.39 is 11.6 Å². The standard InChI is InChI=1S/C15H24F2N2/c1-10(2)8-19(9-11(3)4)15-13(16)5-12(7-18)6-14(15)17/h5-6,10-11H,7-9,18H2,1-4H3. The molecule has 0 amide bonds. The Hall–Kier alpha value is -1.16. The first-order valence-corrected chi connectivity index (χ1v) is 6.78. The monoisotopic (exact) mass is 270 g/mol. The smallest absolute Gasteiger partial charge is 0.149 e. The van der Waals surface area contributed by atoms with Crippen LogP contribution in [0.2, 0.25) is 0 Å². The molecular weight excluding hydrogens is 246 g/mol. The van der Waals surface area contributed by atoms with E-state index in [0.29, 0.717) is 30.5 Å². The van der Waals surface area contributed by atoms with E-state index in [4.69, 9.17) is 5.73 Å². The van der Waals surface area contributed by atoms with E-state index in [2.05, 4.69) is 0 Å². The molecule has 19 heavy (non-hydrogen) atoms. The number of benzene rings is 1. The average molecular weight is 270 g/mol. The van der Waals surface area contributed by atoms with Gasteiger partial charge in [0, 0.05) is 19.6 Å². The Morgan fingerprint density at radius 1 is 1.00 bits per heavy atom. The number of hydrogen-bond acceptors (Lipinski definition) is 2. The summed E-state index contributed by atoms with van der Waals surface area (Å²) in [4.78, 5) is 1.79. The molecule has 0 aromatic heterocycles. The van der Waals surface area contributed by atoms with Crippen LogP contribution in [-0.2, 0) is 6.54 Å². The van der Waals surface area contributed by atoms with Gasteiger partial charge in [-0.1, -0.05) is 27.7 Å². The minimum atomic E-state index is -0.526. The van der Waals surface area contributed by atoms with Crippen LogP contribution < -0.4 is 10.6 Å². The van der Waals surface area contributed by atoms with Crippen LogP contribution in [0, 0.1) is 23.5 Å². The Kier molecular flexibility index (Phi) is 5.73. The lowest BCUT2D eigenvalue weighted by Gasteiger charge is -2.29. The van der Waals surface area contributed by atoms with Crippen LogP contribution in [0.25, 0.3) is 0 Å². The number of hydrogen-bond donors (Lipinski definition) is 1. The van der Waals surface area contributed by atoms with Gasteiger partial charge in [-0.2, -0.15) is 0 Å². The molecule has 1 aromatic rings. The van der Waals surface area contributed by atoms with Gasteiger partial charge in [0.05, 0.1) is 0 Å². The lowest BCUT2D eigenvalue weighted by atomic mass is 10.1.